The molecule has 6 heteroatoms. The van der Waals surface area contributed by atoms with Crippen molar-refractivity contribution in [3.05, 3.63) is 76.0 Å². The van der Waals surface area contributed by atoms with Crippen LogP contribution in [-0.4, -0.2) is 25.7 Å². The van der Waals surface area contributed by atoms with Crippen LogP contribution in [0.4, 0.5) is 5.69 Å². The van der Waals surface area contributed by atoms with Crippen molar-refractivity contribution in [3.63, 3.8) is 0 Å². The molecular formula is C22H22N2O3S. The normalized spacial score (nSPS) is 13.8. The number of fused-ring (bicyclic) bond motifs is 1. The summed E-state index contributed by atoms with van der Waals surface area (Å²) in [6.07, 6.45) is 0. The highest BCUT2D eigenvalue weighted by Gasteiger charge is 2.17. The average molecular weight is 394 g/mol. The zero-order valence-electron chi connectivity index (χ0n) is 15.6. The molecule has 0 bridgehead atoms. The number of carbonyl (C=O) groups is 1. The predicted molar refractivity (Wildman–Crippen MR) is 111 cm³/mol. The third-order valence-electron chi connectivity index (χ3n) is 4.53. The lowest BCUT2D eigenvalue weighted by atomic mass is 10.0. The first-order chi connectivity index (χ1) is 13.7. The van der Waals surface area contributed by atoms with Crippen molar-refractivity contribution < 1.29 is 14.3 Å². The maximum atomic E-state index is 12.5. The molecule has 1 atom stereocenters. The number of benzene rings is 2. The Morgan fingerprint density at radius 3 is 2.61 bits per heavy atom. The molecule has 144 valence electrons. The van der Waals surface area contributed by atoms with E-state index in [9.17, 15) is 4.79 Å². The van der Waals surface area contributed by atoms with Crippen molar-refractivity contribution in [1.29, 1.82) is 0 Å². The molecule has 2 aromatic carbocycles. The molecule has 28 heavy (non-hydrogen) atoms. The number of hydrogen-bond donors (Lipinski definition) is 2. The van der Waals surface area contributed by atoms with E-state index in [2.05, 4.69) is 47.9 Å². The molecule has 0 aliphatic carbocycles. The monoisotopic (exact) mass is 394 g/mol. The van der Waals surface area contributed by atoms with Crippen molar-refractivity contribution in [3.8, 4) is 11.5 Å². The van der Waals surface area contributed by atoms with Gasteiger partial charge in [0.25, 0.3) is 0 Å². The fourth-order valence-electron chi connectivity index (χ4n) is 3.12. The molecule has 0 unspecified atom stereocenters. The van der Waals surface area contributed by atoms with Gasteiger partial charge >= 0.3 is 0 Å². The fourth-order valence-corrected chi connectivity index (χ4v) is 3.95. The Hall–Kier alpha value is -2.83. The average Bonchev–Trinajstić information content (AvgIpc) is 3.24. The van der Waals surface area contributed by atoms with Gasteiger partial charge in [-0.25, -0.2) is 0 Å². The van der Waals surface area contributed by atoms with Crippen LogP contribution in [0, 0.1) is 6.92 Å². The molecule has 1 aliphatic rings. The third kappa shape index (κ3) is 4.35. The first-order valence-corrected chi connectivity index (χ1v) is 10.1. The Balaban J connectivity index is 1.42. The number of ether oxygens (including phenoxy) is 2. The lowest BCUT2D eigenvalue weighted by Crippen LogP contribution is -2.31. The lowest BCUT2D eigenvalue weighted by Gasteiger charge is -2.20. The number of aryl methyl sites for hydroxylation is 1. The van der Waals surface area contributed by atoms with Gasteiger partial charge in [0.15, 0.2) is 11.5 Å². The molecule has 0 fully saturated rings. The molecule has 3 aromatic rings. The van der Waals surface area contributed by atoms with E-state index in [1.807, 2.05) is 23.6 Å². The number of rotatable bonds is 6. The number of hydrogen-bond acceptors (Lipinski definition) is 5. The van der Waals surface area contributed by atoms with Crippen molar-refractivity contribution >= 4 is 22.9 Å². The van der Waals surface area contributed by atoms with Gasteiger partial charge in [0.05, 0.1) is 12.6 Å². The second-order valence-corrected chi connectivity index (χ2v) is 7.63. The van der Waals surface area contributed by atoms with Crippen LogP contribution in [0.25, 0.3) is 0 Å². The SMILES string of the molecule is Cc1ccc([C@H](NCC(=O)Nc2ccc3c(c2)OCCO3)c2cccs2)cc1. The number of carbonyl (C=O) groups excluding carboxylic acids is 1. The molecule has 2 heterocycles. The van der Waals surface area contributed by atoms with Gasteiger partial charge in [0.1, 0.15) is 13.2 Å². The minimum atomic E-state index is -0.106. The van der Waals surface area contributed by atoms with E-state index < -0.39 is 0 Å². The summed E-state index contributed by atoms with van der Waals surface area (Å²) in [4.78, 5) is 13.7. The second kappa shape index (κ2) is 8.46. The van der Waals surface area contributed by atoms with Gasteiger partial charge in [-0.15, -0.1) is 11.3 Å². The van der Waals surface area contributed by atoms with E-state index in [0.717, 1.165) is 5.56 Å². The number of nitrogens with one attached hydrogen (secondary N) is 2. The number of anilines is 1. The van der Waals surface area contributed by atoms with E-state index in [1.54, 1.807) is 17.4 Å². The van der Waals surface area contributed by atoms with Crippen LogP contribution in [0.1, 0.15) is 22.0 Å². The highest BCUT2D eigenvalue weighted by molar-refractivity contribution is 7.10. The molecular weight excluding hydrogens is 372 g/mol. The minimum Gasteiger partial charge on any atom is -0.486 e. The molecule has 0 saturated carbocycles. The summed E-state index contributed by atoms with van der Waals surface area (Å²) < 4.78 is 11.1. The predicted octanol–water partition coefficient (Wildman–Crippen LogP) is 4.15. The molecule has 0 radical (unpaired) electrons. The summed E-state index contributed by atoms with van der Waals surface area (Å²) in [7, 11) is 0. The number of amides is 1. The first kappa shape index (κ1) is 18.5. The lowest BCUT2D eigenvalue weighted by molar-refractivity contribution is -0.115. The number of thiophene rings is 1. The molecule has 0 spiro atoms. The maximum absolute atomic E-state index is 12.5. The van der Waals surface area contributed by atoms with Crippen molar-refractivity contribution in [2.45, 2.75) is 13.0 Å². The van der Waals surface area contributed by atoms with E-state index >= 15 is 0 Å². The molecule has 4 rings (SSSR count). The van der Waals surface area contributed by atoms with Gasteiger partial charge in [0, 0.05) is 16.6 Å². The maximum Gasteiger partial charge on any atom is 0.238 e. The van der Waals surface area contributed by atoms with E-state index in [4.69, 9.17) is 9.47 Å². The van der Waals surface area contributed by atoms with Crippen LogP contribution in [0.2, 0.25) is 0 Å². The van der Waals surface area contributed by atoms with Crippen molar-refractivity contribution in [1.82, 2.24) is 5.32 Å². The van der Waals surface area contributed by atoms with Crippen LogP contribution in [0.3, 0.4) is 0 Å². The van der Waals surface area contributed by atoms with Crippen LogP contribution in [0.5, 0.6) is 11.5 Å². The second-order valence-electron chi connectivity index (χ2n) is 6.65. The van der Waals surface area contributed by atoms with Gasteiger partial charge in [-0.05, 0) is 36.1 Å². The zero-order chi connectivity index (χ0) is 19.3. The molecule has 1 aliphatic heterocycles. The van der Waals surface area contributed by atoms with Crippen LogP contribution in [-0.2, 0) is 4.79 Å². The Bertz CT molecular complexity index is 939. The summed E-state index contributed by atoms with van der Waals surface area (Å²) >= 11 is 1.68. The molecule has 0 saturated heterocycles. The summed E-state index contributed by atoms with van der Waals surface area (Å²) in [5.41, 5.74) is 3.05. The van der Waals surface area contributed by atoms with Crippen LogP contribution >= 0.6 is 11.3 Å². The minimum absolute atomic E-state index is 0.0217. The molecule has 2 N–H and O–H groups in total. The van der Waals surface area contributed by atoms with Gasteiger partial charge < -0.3 is 14.8 Å². The zero-order valence-corrected chi connectivity index (χ0v) is 16.4. The Morgan fingerprint density at radius 2 is 1.86 bits per heavy atom. The fraction of sp³-hybridized carbons (Fsp3) is 0.227. The molecule has 5 nitrogen and oxygen atoms in total. The van der Waals surface area contributed by atoms with Crippen molar-refractivity contribution in [2.24, 2.45) is 0 Å². The summed E-state index contributed by atoms with van der Waals surface area (Å²) in [5.74, 6) is 1.26. The highest BCUT2D eigenvalue weighted by atomic mass is 32.1. The first-order valence-electron chi connectivity index (χ1n) is 9.22. The largest absolute Gasteiger partial charge is 0.486 e. The van der Waals surface area contributed by atoms with Gasteiger partial charge in [-0.2, -0.15) is 0 Å². The topological polar surface area (TPSA) is 59.6 Å². The Labute approximate surface area is 168 Å². The van der Waals surface area contributed by atoms with Crippen LogP contribution in [0.15, 0.2) is 60.0 Å². The standard InChI is InChI=1S/C22H22N2O3S/c1-15-4-6-16(7-5-15)22(20-3-2-12-28-20)23-14-21(25)24-17-8-9-18-19(13-17)27-11-10-26-18/h2-9,12-13,22-23H,10-11,14H2,1H3,(H,24,25)/t22-/m0/s1. The van der Waals surface area contributed by atoms with Crippen molar-refractivity contribution in [2.75, 3.05) is 25.1 Å². The Kier molecular flexibility index (Phi) is 5.60. The third-order valence-corrected chi connectivity index (χ3v) is 5.47. The summed E-state index contributed by atoms with van der Waals surface area (Å²) in [6.45, 7) is 3.33. The van der Waals surface area contributed by atoms with E-state index in [-0.39, 0.29) is 18.5 Å². The van der Waals surface area contributed by atoms with Gasteiger partial charge in [-0.1, -0.05) is 35.9 Å². The smallest absolute Gasteiger partial charge is 0.238 e. The Morgan fingerprint density at radius 1 is 1.07 bits per heavy atom. The van der Waals surface area contributed by atoms with Crippen LogP contribution < -0.4 is 20.1 Å². The van der Waals surface area contributed by atoms with E-state index in [0.29, 0.717) is 30.4 Å². The quantitative estimate of drug-likeness (QED) is 0.660. The summed E-state index contributed by atoms with van der Waals surface area (Å²) in [5, 5.41) is 8.35. The summed E-state index contributed by atoms with van der Waals surface area (Å²) in [6, 6.07) is 17.9. The van der Waals surface area contributed by atoms with Gasteiger partial charge in [-0.3, -0.25) is 10.1 Å². The van der Waals surface area contributed by atoms with Gasteiger partial charge in [0.2, 0.25) is 5.91 Å². The molecule has 1 aromatic heterocycles. The molecule has 1 amide bonds. The highest BCUT2D eigenvalue weighted by Crippen LogP contribution is 2.32. The van der Waals surface area contributed by atoms with E-state index in [1.165, 1.54) is 10.4 Å².